The van der Waals surface area contributed by atoms with E-state index in [-0.39, 0.29) is 11.7 Å². The molecule has 0 fully saturated rings. The summed E-state index contributed by atoms with van der Waals surface area (Å²) in [5, 5.41) is 5.49. The summed E-state index contributed by atoms with van der Waals surface area (Å²) in [5.41, 5.74) is 1.31. The summed E-state index contributed by atoms with van der Waals surface area (Å²) in [4.78, 5) is 24.6. The lowest BCUT2D eigenvalue weighted by molar-refractivity contribution is 0.0994. The normalized spacial score (nSPS) is 10.1. The molecule has 2 aromatic carbocycles. The number of hydrogen-bond donors (Lipinski definition) is 2. The monoisotopic (exact) mass is 366 g/mol. The molecule has 0 aliphatic heterocycles. The van der Waals surface area contributed by atoms with Gasteiger partial charge in [0, 0.05) is 17.7 Å². The van der Waals surface area contributed by atoms with Crippen LogP contribution in [0, 0.1) is 0 Å². The zero-order chi connectivity index (χ0) is 19.2. The van der Waals surface area contributed by atoms with Gasteiger partial charge >= 0.3 is 0 Å². The first-order valence-electron chi connectivity index (χ1n) is 8.09. The molecular formula is C20H18N2O5. The van der Waals surface area contributed by atoms with Crippen LogP contribution in [0.5, 0.6) is 11.5 Å². The molecule has 0 radical (unpaired) electrons. The van der Waals surface area contributed by atoms with Crippen LogP contribution in [0.3, 0.4) is 0 Å². The van der Waals surface area contributed by atoms with Gasteiger partial charge < -0.3 is 24.5 Å². The van der Waals surface area contributed by atoms with E-state index in [1.54, 1.807) is 48.5 Å². The molecule has 0 aliphatic carbocycles. The van der Waals surface area contributed by atoms with Crippen molar-refractivity contribution in [3.8, 4) is 11.5 Å². The number of benzene rings is 2. The van der Waals surface area contributed by atoms with Crippen molar-refractivity contribution in [2.75, 3.05) is 24.9 Å². The van der Waals surface area contributed by atoms with Crippen LogP contribution in [-0.4, -0.2) is 26.0 Å². The number of rotatable bonds is 6. The van der Waals surface area contributed by atoms with E-state index >= 15 is 0 Å². The highest BCUT2D eigenvalue weighted by molar-refractivity contribution is 6.06. The van der Waals surface area contributed by atoms with Crippen LogP contribution in [0.1, 0.15) is 20.9 Å². The third kappa shape index (κ3) is 4.09. The molecule has 0 saturated heterocycles. The Balaban J connectivity index is 1.87. The van der Waals surface area contributed by atoms with E-state index in [4.69, 9.17) is 13.9 Å². The van der Waals surface area contributed by atoms with Gasteiger partial charge in [-0.05, 0) is 24.3 Å². The topological polar surface area (TPSA) is 89.8 Å². The number of carbonyl (C=O) groups excluding carboxylic acids is 2. The van der Waals surface area contributed by atoms with Gasteiger partial charge in [-0.2, -0.15) is 0 Å². The molecule has 2 N–H and O–H groups in total. The second kappa shape index (κ2) is 8.09. The Hall–Kier alpha value is -3.74. The van der Waals surface area contributed by atoms with Crippen LogP contribution >= 0.6 is 0 Å². The van der Waals surface area contributed by atoms with E-state index in [0.29, 0.717) is 28.4 Å². The maximum Gasteiger partial charge on any atom is 0.291 e. The molecule has 27 heavy (non-hydrogen) atoms. The SMILES string of the molecule is COc1cc(NC(=O)c2ccco2)c(OC)cc1NC(=O)c1ccccc1. The summed E-state index contributed by atoms with van der Waals surface area (Å²) in [5.74, 6) is 0.177. The Morgan fingerprint density at radius 3 is 1.93 bits per heavy atom. The summed E-state index contributed by atoms with van der Waals surface area (Å²) in [6.07, 6.45) is 1.41. The Morgan fingerprint density at radius 1 is 0.815 bits per heavy atom. The third-order valence-corrected chi connectivity index (χ3v) is 3.80. The quantitative estimate of drug-likeness (QED) is 0.692. The molecule has 7 nitrogen and oxygen atoms in total. The van der Waals surface area contributed by atoms with E-state index in [0.717, 1.165) is 0 Å². The molecule has 0 bridgehead atoms. The van der Waals surface area contributed by atoms with Gasteiger partial charge in [-0.1, -0.05) is 18.2 Å². The molecule has 2 amide bonds. The Morgan fingerprint density at radius 2 is 1.41 bits per heavy atom. The largest absolute Gasteiger partial charge is 0.494 e. The lowest BCUT2D eigenvalue weighted by Gasteiger charge is -2.16. The van der Waals surface area contributed by atoms with Crippen molar-refractivity contribution in [1.82, 2.24) is 0 Å². The van der Waals surface area contributed by atoms with Crippen molar-refractivity contribution in [2.24, 2.45) is 0 Å². The Labute approximate surface area is 155 Å². The number of nitrogens with one attached hydrogen (secondary N) is 2. The minimum atomic E-state index is -0.429. The number of anilines is 2. The van der Waals surface area contributed by atoms with Crippen molar-refractivity contribution < 1.29 is 23.5 Å². The van der Waals surface area contributed by atoms with Gasteiger partial charge in [0.1, 0.15) is 11.5 Å². The highest BCUT2D eigenvalue weighted by Gasteiger charge is 2.17. The van der Waals surface area contributed by atoms with Crippen LogP contribution in [0.4, 0.5) is 11.4 Å². The maximum atomic E-state index is 12.4. The predicted molar refractivity (Wildman–Crippen MR) is 101 cm³/mol. The van der Waals surface area contributed by atoms with Crippen LogP contribution in [0.25, 0.3) is 0 Å². The Kier molecular flexibility index (Phi) is 5.41. The zero-order valence-corrected chi connectivity index (χ0v) is 14.8. The molecule has 1 aromatic heterocycles. The van der Waals surface area contributed by atoms with Crippen LogP contribution in [-0.2, 0) is 0 Å². The summed E-state index contributed by atoms with van der Waals surface area (Å²) in [6, 6.07) is 15.1. The zero-order valence-electron chi connectivity index (χ0n) is 14.8. The molecule has 1 heterocycles. The molecule has 0 atom stereocenters. The molecule has 0 aliphatic rings. The highest BCUT2D eigenvalue weighted by atomic mass is 16.5. The molecule has 3 rings (SSSR count). The minimum absolute atomic E-state index is 0.164. The van der Waals surface area contributed by atoms with Gasteiger partial charge in [0.15, 0.2) is 5.76 Å². The molecule has 0 spiro atoms. The van der Waals surface area contributed by atoms with Gasteiger partial charge in [0.05, 0.1) is 31.9 Å². The first-order valence-corrected chi connectivity index (χ1v) is 8.09. The first kappa shape index (κ1) is 18.1. The molecule has 3 aromatic rings. The smallest absolute Gasteiger partial charge is 0.291 e. The average molecular weight is 366 g/mol. The standard InChI is InChI=1S/C20H18N2O5/c1-25-17-12-15(22-20(24)16-9-6-10-27-16)18(26-2)11-14(17)21-19(23)13-7-4-3-5-8-13/h3-12H,1-2H3,(H,21,23)(H,22,24). The lowest BCUT2D eigenvalue weighted by Crippen LogP contribution is -2.14. The van der Waals surface area contributed by atoms with E-state index < -0.39 is 5.91 Å². The fourth-order valence-corrected chi connectivity index (χ4v) is 2.47. The molecule has 0 saturated carbocycles. The fraction of sp³-hybridized carbons (Fsp3) is 0.100. The number of amides is 2. The highest BCUT2D eigenvalue weighted by Crippen LogP contribution is 2.37. The van der Waals surface area contributed by atoms with E-state index in [9.17, 15) is 9.59 Å². The van der Waals surface area contributed by atoms with Gasteiger partial charge in [0.2, 0.25) is 0 Å². The van der Waals surface area contributed by atoms with Crippen molar-refractivity contribution in [3.63, 3.8) is 0 Å². The molecule has 138 valence electrons. The first-order chi connectivity index (χ1) is 13.1. The summed E-state index contributed by atoms with van der Waals surface area (Å²) < 4.78 is 15.8. The van der Waals surface area contributed by atoms with Crippen LogP contribution < -0.4 is 20.1 Å². The van der Waals surface area contributed by atoms with Crippen LogP contribution in [0.15, 0.2) is 65.3 Å². The van der Waals surface area contributed by atoms with Gasteiger partial charge in [-0.3, -0.25) is 9.59 Å². The van der Waals surface area contributed by atoms with Gasteiger partial charge in [0.25, 0.3) is 11.8 Å². The van der Waals surface area contributed by atoms with Gasteiger partial charge in [-0.25, -0.2) is 0 Å². The minimum Gasteiger partial charge on any atom is -0.494 e. The molecule has 7 heteroatoms. The van der Waals surface area contributed by atoms with E-state index in [1.165, 1.54) is 20.5 Å². The number of ether oxygens (including phenoxy) is 2. The van der Waals surface area contributed by atoms with Crippen molar-refractivity contribution in [1.29, 1.82) is 0 Å². The number of methoxy groups -OCH3 is 2. The van der Waals surface area contributed by atoms with Crippen molar-refractivity contribution in [2.45, 2.75) is 0 Å². The lowest BCUT2D eigenvalue weighted by atomic mass is 10.2. The second-order valence-electron chi connectivity index (χ2n) is 5.50. The number of carbonyl (C=O) groups is 2. The van der Waals surface area contributed by atoms with Crippen molar-refractivity contribution in [3.05, 3.63) is 72.2 Å². The average Bonchev–Trinajstić information content (AvgIpc) is 3.24. The maximum absolute atomic E-state index is 12.4. The van der Waals surface area contributed by atoms with Crippen LogP contribution in [0.2, 0.25) is 0 Å². The Bertz CT molecular complexity index is 937. The molecular weight excluding hydrogens is 348 g/mol. The summed E-state index contributed by atoms with van der Waals surface area (Å²) in [6.45, 7) is 0. The fourth-order valence-electron chi connectivity index (χ4n) is 2.47. The predicted octanol–water partition coefficient (Wildman–Crippen LogP) is 3.80. The third-order valence-electron chi connectivity index (χ3n) is 3.80. The second-order valence-corrected chi connectivity index (χ2v) is 5.50. The summed E-state index contributed by atoms with van der Waals surface area (Å²) >= 11 is 0. The number of hydrogen-bond acceptors (Lipinski definition) is 5. The summed E-state index contributed by atoms with van der Waals surface area (Å²) in [7, 11) is 2.94. The molecule has 0 unspecified atom stereocenters. The van der Waals surface area contributed by atoms with E-state index in [1.807, 2.05) is 6.07 Å². The van der Waals surface area contributed by atoms with Crippen molar-refractivity contribution >= 4 is 23.2 Å². The van der Waals surface area contributed by atoms with Gasteiger partial charge in [-0.15, -0.1) is 0 Å². The van der Waals surface area contributed by atoms with E-state index in [2.05, 4.69) is 10.6 Å². The number of furan rings is 1.